The molecule has 0 atom stereocenters. The van der Waals surface area contributed by atoms with Crippen LogP contribution >= 0.6 is 0 Å². The quantitative estimate of drug-likeness (QED) is 0.289. The summed E-state index contributed by atoms with van der Waals surface area (Å²) < 4.78 is 0. The number of nitrogens with zero attached hydrogens (tertiary/aromatic N) is 1. The largest absolute Gasteiger partial charge is 0.507 e. The van der Waals surface area contributed by atoms with Gasteiger partial charge in [0.2, 0.25) is 0 Å². The summed E-state index contributed by atoms with van der Waals surface area (Å²) in [6.07, 6.45) is 1.39. The molecule has 3 rings (SSSR count). The lowest BCUT2D eigenvalue weighted by Crippen LogP contribution is -2.04. The van der Waals surface area contributed by atoms with Crippen molar-refractivity contribution in [2.24, 2.45) is 0 Å². The Morgan fingerprint density at radius 1 is 0.926 bits per heavy atom. The molecule has 6 heteroatoms. The number of phenols is 1. The summed E-state index contributed by atoms with van der Waals surface area (Å²) in [6.45, 7) is 0. The number of non-ortho nitro benzene ring substituents is 1. The molecule has 0 unspecified atom stereocenters. The molecule has 3 aromatic rings. The second-order valence-corrected chi connectivity index (χ2v) is 5.73. The zero-order valence-electron chi connectivity index (χ0n) is 14.2. The molecular formula is C21H16N2O4. The molecule has 0 aromatic heterocycles. The van der Waals surface area contributed by atoms with Crippen LogP contribution < -0.4 is 5.32 Å². The first kappa shape index (κ1) is 17.9. The van der Waals surface area contributed by atoms with E-state index in [0.29, 0.717) is 11.4 Å². The van der Waals surface area contributed by atoms with Gasteiger partial charge in [-0.1, -0.05) is 42.5 Å². The van der Waals surface area contributed by atoms with Gasteiger partial charge in [0, 0.05) is 29.6 Å². The molecule has 0 aliphatic heterocycles. The van der Waals surface area contributed by atoms with E-state index in [9.17, 15) is 20.0 Å². The maximum absolute atomic E-state index is 12.6. The molecule has 2 N–H and O–H groups in total. The van der Waals surface area contributed by atoms with Gasteiger partial charge in [-0.3, -0.25) is 14.9 Å². The Morgan fingerprint density at radius 3 is 2.19 bits per heavy atom. The predicted octanol–water partition coefficient (Wildman–Crippen LogP) is 4.64. The van der Waals surface area contributed by atoms with Gasteiger partial charge in [-0.05, 0) is 29.8 Å². The molecular weight excluding hydrogens is 344 g/mol. The fourth-order valence-electron chi connectivity index (χ4n) is 2.52. The summed E-state index contributed by atoms with van der Waals surface area (Å²) in [4.78, 5) is 22.9. The molecule has 0 aliphatic carbocycles. The van der Waals surface area contributed by atoms with Crippen molar-refractivity contribution in [3.8, 4) is 5.75 Å². The Bertz CT molecular complexity index is 996. The number of nitro benzene ring substituents is 1. The number of hydrogen-bond donors (Lipinski definition) is 2. The highest BCUT2D eigenvalue weighted by Crippen LogP contribution is 2.23. The van der Waals surface area contributed by atoms with E-state index in [4.69, 9.17) is 0 Å². The van der Waals surface area contributed by atoms with Crippen LogP contribution in [0.3, 0.4) is 0 Å². The first-order valence-corrected chi connectivity index (χ1v) is 8.15. The lowest BCUT2D eigenvalue weighted by atomic mass is 10.1. The van der Waals surface area contributed by atoms with Crippen molar-refractivity contribution in [1.82, 2.24) is 0 Å². The van der Waals surface area contributed by atoms with Crippen molar-refractivity contribution in [1.29, 1.82) is 0 Å². The fraction of sp³-hybridized carbons (Fsp3) is 0. The Morgan fingerprint density at radius 2 is 1.56 bits per heavy atom. The summed E-state index contributed by atoms with van der Waals surface area (Å²) in [7, 11) is 0. The first-order valence-electron chi connectivity index (χ1n) is 8.15. The predicted molar refractivity (Wildman–Crippen MR) is 104 cm³/mol. The van der Waals surface area contributed by atoms with Crippen LogP contribution in [-0.2, 0) is 0 Å². The van der Waals surface area contributed by atoms with Gasteiger partial charge in [0.05, 0.1) is 10.5 Å². The Balaban J connectivity index is 1.95. The minimum Gasteiger partial charge on any atom is -0.507 e. The molecule has 0 saturated carbocycles. The summed E-state index contributed by atoms with van der Waals surface area (Å²) in [6, 6.07) is 21.4. The van der Waals surface area contributed by atoms with Crippen molar-refractivity contribution in [2.45, 2.75) is 0 Å². The van der Waals surface area contributed by atoms with Gasteiger partial charge in [0.15, 0.2) is 5.78 Å². The molecule has 6 nitrogen and oxygen atoms in total. The van der Waals surface area contributed by atoms with Crippen LogP contribution in [0.15, 0.2) is 84.9 Å². The second-order valence-electron chi connectivity index (χ2n) is 5.73. The Kier molecular flexibility index (Phi) is 5.28. The monoisotopic (exact) mass is 360 g/mol. The maximum Gasteiger partial charge on any atom is 0.269 e. The number of carbonyl (C=O) groups is 1. The third kappa shape index (κ3) is 4.38. The van der Waals surface area contributed by atoms with Gasteiger partial charge in [0.1, 0.15) is 5.75 Å². The third-order valence-electron chi connectivity index (χ3n) is 3.89. The van der Waals surface area contributed by atoms with Crippen LogP contribution in [0.1, 0.15) is 15.9 Å². The van der Waals surface area contributed by atoms with E-state index in [1.807, 2.05) is 30.3 Å². The molecule has 0 spiro atoms. The number of nitro groups is 1. The second kappa shape index (κ2) is 7.97. The summed E-state index contributed by atoms with van der Waals surface area (Å²) >= 11 is 0. The number of anilines is 1. The van der Waals surface area contributed by atoms with E-state index < -0.39 is 4.92 Å². The molecule has 0 heterocycles. The first-order chi connectivity index (χ1) is 13.0. The van der Waals surface area contributed by atoms with Gasteiger partial charge >= 0.3 is 0 Å². The van der Waals surface area contributed by atoms with E-state index in [0.717, 1.165) is 5.56 Å². The lowest BCUT2D eigenvalue weighted by molar-refractivity contribution is -0.384. The molecule has 27 heavy (non-hydrogen) atoms. The SMILES string of the molecule is O=C(/C=C(/Nc1ccc([N+](=O)[O-])cc1)c1ccccc1)c1ccccc1O. The molecule has 0 bridgehead atoms. The smallest absolute Gasteiger partial charge is 0.269 e. The highest BCUT2D eigenvalue weighted by Gasteiger charge is 2.12. The highest BCUT2D eigenvalue weighted by molar-refractivity contribution is 6.11. The lowest BCUT2D eigenvalue weighted by Gasteiger charge is -2.12. The molecule has 0 saturated heterocycles. The van der Waals surface area contributed by atoms with E-state index in [2.05, 4.69) is 5.32 Å². The normalized spacial score (nSPS) is 11.0. The minimum atomic E-state index is -0.473. The standard InChI is InChI=1S/C21H16N2O4/c24-20-9-5-4-8-18(20)21(25)14-19(15-6-2-1-3-7-15)22-16-10-12-17(13-11-16)23(26)27/h1-14,22,24H/b19-14+. The molecule has 0 radical (unpaired) electrons. The Labute approximate surface area is 155 Å². The summed E-state index contributed by atoms with van der Waals surface area (Å²) in [5, 5.41) is 23.8. The van der Waals surface area contributed by atoms with Crippen molar-refractivity contribution in [2.75, 3.05) is 5.32 Å². The van der Waals surface area contributed by atoms with Crippen molar-refractivity contribution >= 4 is 22.9 Å². The van der Waals surface area contributed by atoms with Gasteiger partial charge < -0.3 is 10.4 Å². The summed E-state index contributed by atoms with van der Waals surface area (Å²) in [5.41, 5.74) is 2.05. The van der Waals surface area contributed by atoms with Gasteiger partial charge in [-0.25, -0.2) is 0 Å². The van der Waals surface area contributed by atoms with E-state index >= 15 is 0 Å². The van der Waals surface area contributed by atoms with Crippen LogP contribution in [-0.4, -0.2) is 15.8 Å². The number of allylic oxidation sites excluding steroid dienone is 1. The van der Waals surface area contributed by atoms with E-state index in [-0.39, 0.29) is 22.8 Å². The molecule has 134 valence electrons. The van der Waals surface area contributed by atoms with Crippen LogP contribution in [0.2, 0.25) is 0 Å². The van der Waals surface area contributed by atoms with Gasteiger partial charge in [-0.2, -0.15) is 0 Å². The molecule has 0 aliphatic rings. The number of nitrogens with one attached hydrogen (secondary N) is 1. The van der Waals surface area contributed by atoms with Crippen LogP contribution in [0.4, 0.5) is 11.4 Å². The molecule has 3 aromatic carbocycles. The third-order valence-corrected chi connectivity index (χ3v) is 3.89. The van der Waals surface area contributed by atoms with Gasteiger partial charge in [0.25, 0.3) is 5.69 Å². The number of benzene rings is 3. The topological polar surface area (TPSA) is 92.5 Å². The highest BCUT2D eigenvalue weighted by atomic mass is 16.6. The number of aromatic hydroxyl groups is 1. The number of carbonyl (C=O) groups excluding carboxylic acids is 1. The van der Waals surface area contributed by atoms with E-state index in [1.165, 1.54) is 24.3 Å². The Hall–Kier alpha value is -3.93. The molecule has 0 fully saturated rings. The number of hydrogen-bond acceptors (Lipinski definition) is 5. The maximum atomic E-state index is 12.6. The number of rotatable bonds is 6. The van der Waals surface area contributed by atoms with E-state index in [1.54, 1.807) is 30.3 Å². The zero-order chi connectivity index (χ0) is 19.2. The van der Waals surface area contributed by atoms with Gasteiger partial charge in [-0.15, -0.1) is 0 Å². The number of phenolic OH excluding ortho intramolecular Hbond substituents is 1. The van der Waals surface area contributed by atoms with Crippen molar-refractivity contribution in [3.63, 3.8) is 0 Å². The van der Waals surface area contributed by atoms with Crippen LogP contribution in [0, 0.1) is 10.1 Å². The zero-order valence-corrected chi connectivity index (χ0v) is 14.2. The number of ketones is 1. The average molecular weight is 360 g/mol. The molecule has 0 amide bonds. The van der Waals surface area contributed by atoms with Crippen LogP contribution in [0.25, 0.3) is 5.70 Å². The fourth-order valence-corrected chi connectivity index (χ4v) is 2.52. The average Bonchev–Trinajstić information content (AvgIpc) is 2.69. The minimum absolute atomic E-state index is 0.0175. The van der Waals surface area contributed by atoms with Crippen LogP contribution in [0.5, 0.6) is 5.75 Å². The van der Waals surface area contributed by atoms with Crippen molar-refractivity contribution in [3.05, 3.63) is 106 Å². The summed E-state index contributed by atoms with van der Waals surface area (Å²) in [5.74, 6) is -0.456. The number of para-hydroxylation sites is 1. The van der Waals surface area contributed by atoms with Crippen molar-refractivity contribution < 1.29 is 14.8 Å².